The van der Waals surface area contributed by atoms with Gasteiger partial charge in [0, 0.05) is 0 Å². The van der Waals surface area contributed by atoms with E-state index in [9.17, 15) is 0 Å². The van der Waals surface area contributed by atoms with Crippen molar-refractivity contribution in [2.24, 2.45) is 0 Å². The van der Waals surface area contributed by atoms with Gasteiger partial charge in [0.05, 0.1) is 0 Å². The van der Waals surface area contributed by atoms with Crippen molar-refractivity contribution in [1.29, 1.82) is 0 Å². The van der Waals surface area contributed by atoms with Crippen LogP contribution < -0.4 is 0 Å². The third-order valence-electron chi connectivity index (χ3n) is 0.655. The zero-order chi connectivity index (χ0) is 6.24. The summed E-state index contributed by atoms with van der Waals surface area (Å²) in [6.07, 6.45) is 9.50. The molecule has 0 aromatic rings. The van der Waals surface area contributed by atoms with Crippen molar-refractivity contribution in [2.45, 2.75) is 18.4 Å². The molecule has 0 aromatic heterocycles. The first-order chi connectivity index (χ1) is 3.91. The number of hydrogen-bond donors (Lipinski definition) is 0. The zero-order valence-corrected chi connectivity index (χ0v) is 6.82. The maximum absolute atomic E-state index is 2.51. The fourth-order valence-electron chi connectivity index (χ4n) is 0.393. The number of rotatable bonds is 0. The van der Waals surface area contributed by atoms with Crippen LogP contribution in [0.15, 0.2) is 24.3 Å². The Morgan fingerprint density at radius 3 is 1.88 bits per heavy atom. The molecule has 1 rings (SSSR count). The molecule has 0 spiro atoms. The van der Waals surface area contributed by atoms with Crippen LogP contribution >= 0.6 is 0 Å². The Labute approximate surface area is 61.3 Å². The molecule has 0 aromatic carbocycles. The van der Waals surface area contributed by atoms with E-state index in [1.165, 1.54) is 5.02 Å². The van der Waals surface area contributed by atoms with Crippen LogP contribution in [0, 0.1) is 0 Å². The zero-order valence-electron chi connectivity index (χ0n) is 5.08. The van der Waals surface area contributed by atoms with Crippen molar-refractivity contribution in [3.8, 4) is 0 Å². The molecule has 0 atom stereocenters. The molecule has 47 valence electrons. The summed E-state index contributed by atoms with van der Waals surface area (Å²) < 4.78 is 0. The van der Waals surface area contributed by atoms with Crippen LogP contribution in [0.5, 0.6) is 0 Å². The molecule has 0 nitrogen and oxygen atoms in total. The molecule has 0 N–H and O–H groups in total. The van der Waals surface area contributed by atoms with E-state index in [-0.39, 0.29) is 0 Å². The van der Waals surface area contributed by atoms with Gasteiger partial charge < -0.3 is 0 Å². The Hall–Kier alpha value is 0.103. The molecular weight excluding hydrogens is 185 g/mol. The minimum atomic E-state index is 1.14. The van der Waals surface area contributed by atoms with Crippen LogP contribution in [0.3, 0.4) is 0 Å². The van der Waals surface area contributed by atoms with Crippen molar-refractivity contribution in [3.63, 3.8) is 0 Å². The van der Waals surface area contributed by atoms with Crippen molar-refractivity contribution < 1.29 is 18.3 Å². The van der Waals surface area contributed by atoms with E-state index in [0.29, 0.717) is 0 Å². The predicted octanol–water partition coefficient (Wildman–Crippen LogP) is 2.47. The second-order valence-electron chi connectivity index (χ2n) is 1.34. The van der Waals surface area contributed by atoms with Gasteiger partial charge in [-0.1, -0.05) is 24.3 Å². The monoisotopic (exact) mass is 197 g/mol. The molecule has 0 heterocycles. The van der Waals surface area contributed by atoms with Gasteiger partial charge in [0.15, 0.2) is 0 Å². The molecular formula is C7H11Ru. The van der Waals surface area contributed by atoms with E-state index >= 15 is 0 Å². The van der Waals surface area contributed by atoms with Crippen molar-refractivity contribution >= 4 is 0 Å². The van der Waals surface area contributed by atoms with E-state index in [1.54, 1.807) is 0 Å². The van der Waals surface area contributed by atoms with E-state index in [0.717, 1.165) is 6.42 Å². The van der Waals surface area contributed by atoms with E-state index < -0.39 is 0 Å². The topological polar surface area (TPSA) is 0 Å². The van der Waals surface area contributed by atoms with Crippen LogP contribution in [0.1, 0.15) is 13.3 Å². The van der Waals surface area contributed by atoms with Crippen molar-refractivity contribution in [1.82, 2.24) is 0 Å². The average Bonchev–Trinajstić information content (AvgIpc) is 2.17. The van der Waals surface area contributed by atoms with E-state index in [4.69, 9.17) is 0 Å². The van der Waals surface area contributed by atoms with Crippen LogP contribution in [0.4, 0.5) is 0 Å². The fourth-order valence-corrected chi connectivity index (χ4v) is 0.393. The Balaban J connectivity index is 0.000000145. The van der Waals surface area contributed by atoms with E-state index in [1.807, 2.05) is 0 Å². The first kappa shape index (κ1) is 8.10. The molecule has 0 saturated carbocycles. The summed E-state index contributed by atoms with van der Waals surface area (Å²) in [5, 5.41) is 1.18. The van der Waals surface area contributed by atoms with E-state index in [2.05, 4.69) is 49.5 Å². The molecule has 1 aliphatic rings. The molecule has 8 heavy (non-hydrogen) atoms. The summed E-state index contributed by atoms with van der Waals surface area (Å²) in [6, 6.07) is 0. The van der Waals surface area contributed by atoms with Gasteiger partial charge in [-0.25, -0.2) is 0 Å². The average molecular weight is 196 g/mol. The second kappa shape index (κ2) is 7.10. The third kappa shape index (κ3) is 6.10. The third-order valence-corrected chi connectivity index (χ3v) is 0.655. The predicted molar refractivity (Wildman–Crippen MR) is 33.4 cm³/mol. The molecule has 0 amide bonds. The number of allylic oxidation sites excluding steroid dienone is 4. The van der Waals surface area contributed by atoms with Gasteiger partial charge in [0.2, 0.25) is 0 Å². The van der Waals surface area contributed by atoms with Gasteiger partial charge in [-0.2, -0.15) is 0 Å². The summed E-state index contributed by atoms with van der Waals surface area (Å²) >= 11 is 2.51. The van der Waals surface area contributed by atoms with Crippen molar-refractivity contribution in [3.05, 3.63) is 24.3 Å². The van der Waals surface area contributed by atoms with Crippen molar-refractivity contribution in [2.75, 3.05) is 0 Å². The molecule has 1 heteroatoms. The summed E-state index contributed by atoms with van der Waals surface area (Å²) in [5.74, 6) is 0. The van der Waals surface area contributed by atoms with Gasteiger partial charge in [0.1, 0.15) is 0 Å². The van der Waals surface area contributed by atoms with Crippen LogP contribution in [-0.4, -0.2) is 0 Å². The normalized spacial score (nSPS) is 13.2. The molecule has 0 bridgehead atoms. The molecule has 1 aliphatic carbocycles. The summed E-state index contributed by atoms with van der Waals surface area (Å²) in [4.78, 5) is 0. The molecule has 0 saturated heterocycles. The number of hydrogen-bond acceptors (Lipinski definition) is 0. The van der Waals surface area contributed by atoms with Gasteiger partial charge in [-0.05, 0) is 6.42 Å². The maximum atomic E-state index is 2.51. The Kier molecular flexibility index (Phi) is 7.20. The molecule has 0 radical (unpaired) electrons. The van der Waals surface area contributed by atoms with Crippen LogP contribution in [0.2, 0.25) is 5.02 Å². The second-order valence-corrected chi connectivity index (χ2v) is 2.57. The quantitative estimate of drug-likeness (QED) is 0.522. The Morgan fingerprint density at radius 2 is 1.75 bits per heavy atom. The fraction of sp³-hybridized carbons (Fsp3) is 0.429. The van der Waals surface area contributed by atoms with Crippen LogP contribution in [0.25, 0.3) is 0 Å². The SMILES string of the molecule is C1=CCC=C1.C[CH2][Ru]. The first-order valence-corrected chi connectivity index (χ1v) is 4.00. The van der Waals surface area contributed by atoms with Gasteiger partial charge in [-0.15, -0.1) is 0 Å². The summed E-state index contributed by atoms with van der Waals surface area (Å²) in [7, 11) is 0. The summed E-state index contributed by atoms with van der Waals surface area (Å²) in [6.45, 7) is 2.09. The Morgan fingerprint density at radius 1 is 1.38 bits per heavy atom. The summed E-state index contributed by atoms with van der Waals surface area (Å²) in [5.41, 5.74) is 0. The minimum absolute atomic E-state index is 1.14. The first-order valence-electron chi connectivity index (χ1n) is 2.77. The van der Waals surface area contributed by atoms with Crippen LogP contribution in [-0.2, 0) is 18.3 Å². The standard InChI is InChI=1S/C5H6.C2H5.Ru/c1-2-4-5-3-1;1-2;/h1-4H,5H2;1H2,2H3;. The molecule has 0 fully saturated rings. The van der Waals surface area contributed by atoms with Gasteiger partial charge >= 0.3 is 30.2 Å². The van der Waals surface area contributed by atoms with Gasteiger partial charge in [-0.3, -0.25) is 0 Å². The molecule has 0 unspecified atom stereocenters. The Bertz CT molecular complexity index is 72.4. The molecule has 0 aliphatic heterocycles. The van der Waals surface area contributed by atoms with Gasteiger partial charge in [0.25, 0.3) is 0 Å².